The third-order valence-corrected chi connectivity index (χ3v) is 0. The van der Waals surface area contributed by atoms with Gasteiger partial charge in [-0.25, -0.2) is 4.39 Å². The van der Waals surface area contributed by atoms with Gasteiger partial charge in [0.15, 0.2) is 0 Å². The van der Waals surface area contributed by atoms with Crippen LogP contribution in [0.4, 0.5) is 4.39 Å². The minimum Gasteiger partial charge on any atom is -0.249 e. The highest BCUT2D eigenvalue weighted by Crippen LogP contribution is 1.97. The number of halogens is 1. The van der Waals surface area contributed by atoms with E-state index in [1.54, 1.807) is 0 Å². The van der Waals surface area contributed by atoms with Crippen molar-refractivity contribution in [1.29, 1.82) is 0 Å². The van der Waals surface area contributed by atoms with Gasteiger partial charge in [-0.05, 0) is 13.8 Å². The second-order valence-corrected chi connectivity index (χ2v) is 2.66. The molecule has 29 valence electrons. The molecule has 0 aliphatic heterocycles. The summed E-state index contributed by atoms with van der Waals surface area (Å²) >= 11 is 0. The summed E-state index contributed by atoms with van der Waals surface area (Å²) < 4.78 is 11.6. The summed E-state index contributed by atoms with van der Waals surface area (Å²) in [5.41, 5.74) is 0. The lowest BCUT2D eigenvalue weighted by Gasteiger charge is -1.99. The smallest absolute Gasteiger partial charge is 0.0868 e. The van der Waals surface area contributed by atoms with Gasteiger partial charge in [0, 0.05) is 0 Å². The van der Waals surface area contributed by atoms with Gasteiger partial charge in [-0.3, -0.25) is 0 Å². The summed E-state index contributed by atoms with van der Waals surface area (Å²) in [5.74, 6) is 0. The molecule has 0 saturated carbocycles. The van der Waals surface area contributed by atoms with Gasteiger partial charge in [-0.15, -0.1) is 0 Å². The molecule has 0 spiro atoms. The van der Waals surface area contributed by atoms with Crippen LogP contribution < -0.4 is 0 Å². The van der Waals surface area contributed by atoms with E-state index in [2.05, 4.69) is 10.2 Å². The fourth-order valence-corrected chi connectivity index (χ4v) is 0. The maximum absolute atomic E-state index is 11.6. The molecule has 0 aromatic rings. The van der Waals surface area contributed by atoms with Crippen LogP contribution in [0.1, 0.15) is 13.8 Å². The molecular formula is C3H6FSi. The minimum absolute atomic E-state index is 1.19. The third-order valence-electron chi connectivity index (χ3n) is 0. The Morgan fingerprint density at radius 1 is 1.60 bits per heavy atom. The van der Waals surface area contributed by atoms with E-state index in [9.17, 15) is 4.39 Å². The third kappa shape index (κ3) is 886. The van der Waals surface area contributed by atoms with E-state index in [0.717, 1.165) is 0 Å². The Morgan fingerprint density at radius 3 is 1.60 bits per heavy atom. The molecule has 0 nitrogen and oxygen atoms in total. The van der Waals surface area contributed by atoms with Gasteiger partial charge in [0.05, 0.1) is 15.5 Å². The van der Waals surface area contributed by atoms with Crippen LogP contribution in [-0.2, 0) is 0 Å². The van der Waals surface area contributed by atoms with Crippen molar-refractivity contribution in [2.45, 2.75) is 19.1 Å². The molecule has 0 fully saturated rings. The molecule has 0 N–H and O–H groups in total. The van der Waals surface area contributed by atoms with Crippen molar-refractivity contribution in [2.75, 3.05) is 0 Å². The van der Waals surface area contributed by atoms with E-state index in [0.29, 0.717) is 0 Å². The van der Waals surface area contributed by atoms with Gasteiger partial charge in [0.25, 0.3) is 0 Å². The maximum atomic E-state index is 11.6. The molecule has 0 heterocycles. The van der Waals surface area contributed by atoms with E-state index in [1.165, 1.54) is 13.8 Å². The maximum Gasteiger partial charge on any atom is 0.0868 e. The van der Waals surface area contributed by atoms with Gasteiger partial charge >= 0.3 is 0 Å². The molecule has 0 saturated heterocycles. The lowest BCUT2D eigenvalue weighted by molar-refractivity contribution is 0.335. The Balaban J connectivity index is 3.02. The average Bonchev–Trinajstić information content (AvgIpc) is 0.722. The zero-order valence-electron chi connectivity index (χ0n) is 3.38. The van der Waals surface area contributed by atoms with Crippen molar-refractivity contribution < 1.29 is 4.39 Å². The molecule has 0 aliphatic carbocycles. The number of alkyl halides is 1. The van der Waals surface area contributed by atoms with Crippen LogP contribution in [-0.4, -0.2) is 15.5 Å². The molecular weight excluding hydrogens is 83.1 g/mol. The molecule has 5 heavy (non-hydrogen) atoms. The van der Waals surface area contributed by atoms with Gasteiger partial charge in [-0.2, -0.15) is 0 Å². The first-order chi connectivity index (χ1) is 2.00. The Hall–Kier alpha value is 0.147. The van der Waals surface area contributed by atoms with Crippen LogP contribution in [0.25, 0.3) is 0 Å². The first-order valence-corrected chi connectivity index (χ1v) is 1.94. The van der Waals surface area contributed by atoms with Crippen molar-refractivity contribution in [3.8, 4) is 0 Å². The van der Waals surface area contributed by atoms with Gasteiger partial charge in [0.1, 0.15) is 0 Å². The lowest BCUT2D eigenvalue weighted by Crippen LogP contribution is -2.09. The Bertz CT molecular complexity index is 22.4. The second-order valence-electron chi connectivity index (χ2n) is 1.47. The van der Waals surface area contributed by atoms with Crippen molar-refractivity contribution >= 4 is 10.2 Å². The summed E-state index contributed by atoms with van der Waals surface area (Å²) in [6.07, 6.45) is 0. The molecule has 0 aromatic carbocycles. The molecule has 0 rings (SSSR count). The zero-order valence-corrected chi connectivity index (χ0v) is 4.38. The van der Waals surface area contributed by atoms with E-state index >= 15 is 0 Å². The van der Waals surface area contributed by atoms with Crippen molar-refractivity contribution in [3.05, 3.63) is 0 Å². The van der Waals surface area contributed by atoms with E-state index < -0.39 is 5.29 Å². The molecule has 0 aromatic heterocycles. The zero-order chi connectivity index (χ0) is 4.50. The monoisotopic (exact) mass is 89.0 g/mol. The van der Waals surface area contributed by atoms with E-state index in [1.807, 2.05) is 0 Å². The van der Waals surface area contributed by atoms with Gasteiger partial charge in [-0.1, -0.05) is 0 Å². The van der Waals surface area contributed by atoms with Crippen molar-refractivity contribution in [1.82, 2.24) is 0 Å². The SMILES string of the molecule is CC(C)(F)[Si]. The highest BCUT2D eigenvalue weighted by Gasteiger charge is 2.02. The first kappa shape index (κ1) is 5.15. The van der Waals surface area contributed by atoms with Gasteiger partial charge < -0.3 is 0 Å². The van der Waals surface area contributed by atoms with Crippen molar-refractivity contribution in [3.63, 3.8) is 0 Å². The number of rotatable bonds is 0. The highest BCUT2D eigenvalue weighted by atomic mass is 28.1. The Labute approximate surface area is 34.8 Å². The van der Waals surface area contributed by atoms with Crippen LogP contribution in [0.5, 0.6) is 0 Å². The second kappa shape index (κ2) is 1.09. The normalized spacial score (nSPS) is 12.0. The average molecular weight is 89.2 g/mol. The van der Waals surface area contributed by atoms with Crippen LogP contribution in [0.3, 0.4) is 0 Å². The van der Waals surface area contributed by atoms with Crippen LogP contribution in [0.2, 0.25) is 0 Å². The first-order valence-electron chi connectivity index (χ1n) is 1.44. The summed E-state index contributed by atoms with van der Waals surface area (Å²) in [6, 6.07) is 0. The lowest BCUT2D eigenvalue weighted by atomic mass is 10.5. The quantitative estimate of drug-likeness (QED) is 0.386. The standard InChI is InChI=1S/C3H6FSi/c1-3(2,4)5/h1-2H3. The van der Waals surface area contributed by atoms with Gasteiger partial charge in [0.2, 0.25) is 0 Å². The molecule has 3 radical (unpaired) electrons. The molecule has 0 amide bonds. The summed E-state index contributed by atoms with van der Waals surface area (Å²) in [4.78, 5) is 0. The van der Waals surface area contributed by atoms with Crippen molar-refractivity contribution in [2.24, 2.45) is 0 Å². The molecule has 0 atom stereocenters. The summed E-state index contributed by atoms with van der Waals surface area (Å²) in [5, 5.41) is -1.19. The largest absolute Gasteiger partial charge is 0.249 e. The topological polar surface area (TPSA) is 0 Å². The highest BCUT2D eigenvalue weighted by molar-refractivity contribution is 6.13. The molecule has 0 aliphatic rings. The Kier molecular flexibility index (Phi) is 1.12. The molecule has 0 bridgehead atoms. The fraction of sp³-hybridized carbons (Fsp3) is 1.00. The van der Waals surface area contributed by atoms with E-state index in [-0.39, 0.29) is 0 Å². The number of hydrogen-bond acceptors (Lipinski definition) is 0. The fourth-order valence-electron chi connectivity index (χ4n) is 0. The predicted octanol–water partition coefficient (Wildman–Crippen LogP) is 0.861. The molecule has 0 unspecified atom stereocenters. The van der Waals surface area contributed by atoms with Crippen LogP contribution in [0, 0.1) is 0 Å². The minimum atomic E-state index is -1.19. The van der Waals surface area contributed by atoms with Crippen LogP contribution >= 0.6 is 0 Å². The Morgan fingerprint density at radius 2 is 1.60 bits per heavy atom. The summed E-state index contributed by atoms with van der Waals surface area (Å²) in [6.45, 7) is 2.87. The van der Waals surface area contributed by atoms with E-state index in [4.69, 9.17) is 0 Å². The summed E-state index contributed by atoms with van der Waals surface area (Å²) in [7, 11) is 2.75. The molecule has 2 heteroatoms. The predicted molar refractivity (Wildman–Crippen MR) is 20.9 cm³/mol. The van der Waals surface area contributed by atoms with Crippen LogP contribution in [0.15, 0.2) is 0 Å². The number of hydrogen-bond donors (Lipinski definition) is 0.